The number of nitrogens with zero attached hydrogens (tertiary/aromatic N) is 1. The second-order valence-corrected chi connectivity index (χ2v) is 3.51. The number of carbonyl (C=O) groups is 1. The molecule has 0 radical (unpaired) electrons. The fraction of sp³-hybridized carbons (Fsp3) is 0.364. The van der Waals surface area contributed by atoms with Crippen LogP contribution in [-0.4, -0.2) is 24.5 Å². The molecule has 0 aliphatic carbocycles. The van der Waals surface area contributed by atoms with E-state index in [9.17, 15) is 19.3 Å². The molecule has 0 aliphatic heterocycles. The molecule has 1 atom stereocenters. The Morgan fingerprint density at radius 1 is 1.53 bits per heavy atom. The number of hydrogen-bond donors (Lipinski definition) is 0. The van der Waals surface area contributed by atoms with Crippen molar-refractivity contribution in [2.45, 2.75) is 12.3 Å². The van der Waals surface area contributed by atoms with Gasteiger partial charge in [0.2, 0.25) is 6.54 Å². The van der Waals surface area contributed by atoms with Gasteiger partial charge in [-0.05, 0) is 11.6 Å². The van der Waals surface area contributed by atoms with Crippen LogP contribution in [0.4, 0.5) is 4.39 Å². The van der Waals surface area contributed by atoms with E-state index in [-0.39, 0.29) is 12.0 Å². The van der Waals surface area contributed by atoms with Crippen LogP contribution in [0.15, 0.2) is 24.3 Å². The molecule has 6 heteroatoms. The Balaban J connectivity index is 2.93. The fourth-order valence-electron chi connectivity index (χ4n) is 1.54. The van der Waals surface area contributed by atoms with Crippen molar-refractivity contribution in [1.82, 2.24) is 0 Å². The maximum Gasteiger partial charge on any atom is 0.306 e. The number of esters is 1. The minimum Gasteiger partial charge on any atom is -0.469 e. The van der Waals surface area contributed by atoms with Gasteiger partial charge in [0.15, 0.2) is 0 Å². The Kier molecular flexibility index (Phi) is 4.56. The molecular weight excluding hydrogens is 229 g/mol. The summed E-state index contributed by atoms with van der Waals surface area (Å²) in [5.74, 6) is -1.96. The van der Waals surface area contributed by atoms with E-state index >= 15 is 0 Å². The molecule has 1 aromatic rings. The lowest BCUT2D eigenvalue weighted by molar-refractivity contribution is -0.483. The summed E-state index contributed by atoms with van der Waals surface area (Å²) >= 11 is 0. The lowest BCUT2D eigenvalue weighted by Crippen LogP contribution is -2.18. The zero-order chi connectivity index (χ0) is 12.8. The quantitative estimate of drug-likeness (QED) is 0.447. The van der Waals surface area contributed by atoms with Crippen molar-refractivity contribution in [3.63, 3.8) is 0 Å². The third kappa shape index (κ3) is 3.82. The number of rotatable bonds is 5. The Hall–Kier alpha value is -1.98. The molecule has 1 rings (SSSR count). The average molecular weight is 241 g/mol. The van der Waals surface area contributed by atoms with Gasteiger partial charge >= 0.3 is 5.97 Å². The van der Waals surface area contributed by atoms with Crippen LogP contribution in [0.2, 0.25) is 0 Å². The number of carbonyl (C=O) groups excluding carboxylic acids is 1. The summed E-state index contributed by atoms with van der Waals surface area (Å²) in [4.78, 5) is 21.0. The van der Waals surface area contributed by atoms with Gasteiger partial charge in [-0.3, -0.25) is 14.9 Å². The van der Waals surface area contributed by atoms with Crippen LogP contribution < -0.4 is 0 Å². The van der Waals surface area contributed by atoms with E-state index in [1.165, 1.54) is 25.3 Å². The Bertz CT molecular complexity index is 422. The number of halogens is 1. The summed E-state index contributed by atoms with van der Waals surface area (Å²) in [6.45, 7) is -0.504. The standard InChI is InChI=1S/C11H12FNO4/c1-17-11(14)6-8(7-13(15)16)9-4-2-3-5-10(9)12/h2-5,8H,6-7H2,1H3. The van der Waals surface area contributed by atoms with E-state index in [4.69, 9.17) is 0 Å². The second-order valence-electron chi connectivity index (χ2n) is 3.51. The Morgan fingerprint density at radius 2 is 2.18 bits per heavy atom. The van der Waals surface area contributed by atoms with Crippen LogP contribution in [0, 0.1) is 15.9 Å². The van der Waals surface area contributed by atoms with Crippen molar-refractivity contribution in [2.75, 3.05) is 13.7 Å². The van der Waals surface area contributed by atoms with Crippen LogP contribution in [-0.2, 0) is 9.53 Å². The summed E-state index contributed by atoms with van der Waals surface area (Å²) in [6, 6.07) is 5.70. The molecule has 0 N–H and O–H groups in total. The van der Waals surface area contributed by atoms with Gasteiger partial charge in [0.1, 0.15) is 5.82 Å². The molecule has 0 spiro atoms. The highest BCUT2D eigenvalue weighted by Gasteiger charge is 2.24. The summed E-state index contributed by atoms with van der Waals surface area (Å²) < 4.78 is 17.9. The van der Waals surface area contributed by atoms with Crippen molar-refractivity contribution in [3.05, 3.63) is 45.8 Å². The lowest BCUT2D eigenvalue weighted by Gasteiger charge is -2.12. The predicted octanol–water partition coefficient (Wildman–Crippen LogP) is 1.75. The van der Waals surface area contributed by atoms with E-state index in [1.54, 1.807) is 6.07 Å². The molecular formula is C11H12FNO4. The van der Waals surface area contributed by atoms with Gasteiger partial charge < -0.3 is 4.74 Å². The topological polar surface area (TPSA) is 69.4 Å². The molecule has 5 nitrogen and oxygen atoms in total. The summed E-state index contributed by atoms with van der Waals surface area (Å²) in [5, 5.41) is 10.5. The zero-order valence-corrected chi connectivity index (χ0v) is 9.26. The third-order valence-electron chi connectivity index (χ3n) is 2.36. The van der Waals surface area contributed by atoms with Gasteiger partial charge in [0, 0.05) is 4.92 Å². The first kappa shape index (κ1) is 13.1. The first-order chi connectivity index (χ1) is 8.04. The number of nitro groups is 1. The summed E-state index contributed by atoms with van der Waals surface area (Å²) in [7, 11) is 1.19. The Morgan fingerprint density at radius 3 is 2.71 bits per heavy atom. The molecule has 0 fully saturated rings. The van der Waals surface area contributed by atoms with E-state index in [0.29, 0.717) is 0 Å². The normalized spacial score (nSPS) is 11.9. The van der Waals surface area contributed by atoms with E-state index in [1.807, 2.05) is 0 Å². The van der Waals surface area contributed by atoms with Crippen molar-refractivity contribution in [3.8, 4) is 0 Å². The Labute approximate surface area is 97.3 Å². The van der Waals surface area contributed by atoms with Crippen molar-refractivity contribution in [2.24, 2.45) is 0 Å². The zero-order valence-electron chi connectivity index (χ0n) is 9.26. The maximum absolute atomic E-state index is 13.5. The fourth-order valence-corrected chi connectivity index (χ4v) is 1.54. The number of ether oxygens (including phenoxy) is 1. The van der Waals surface area contributed by atoms with Crippen LogP contribution in [0.1, 0.15) is 17.9 Å². The van der Waals surface area contributed by atoms with Gasteiger partial charge in [-0.2, -0.15) is 0 Å². The largest absolute Gasteiger partial charge is 0.469 e. The van der Waals surface area contributed by atoms with Crippen LogP contribution >= 0.6 is 0 Å². The molecule has 0 saturated heterocycles. The average Bonchev–Trinajstić information content (AvgIpc) is 2.28. The SMILES string of the molecule is COC(=O)CC(C[N+](=O)[O-])c1ccccc1F. The van der Waals surface area contributed by atoms with Crippen molar-refractivity contribution >= 4 is 5.97 Å². The highest BCUT2D eigenvalue weighted by molar-refractivity contribution is 5.70. The molecule has 92 valence electrons. The van der Waals surface area contributed by atoms with E-state index < -0.39 is 29.2 Å². The summed E-state index contributed by atoms with van der Waals surface area (Å²) in [6.07, 6.45) is -0.210. The molecule has 0 aliphatic rings. The molecule has 0 heterocycles. The third-order valence-corrected chi connectivity index (χ3v) is 2.36. The minimum atomic E-state index is -0.807. The van der Waals surface area contributed by atoms with Gasteiger partial charge in [0.25, 0.3) is 0 Å². The molecule has 0 saturated carbocycles. The van der Waals surface area contributed by atoms with Gasteiger partial charge in [0.05, 0.1) is 19.4 Å². The van der Waals surface area contributed by atoms with Gasteiger partial charge in [-0.1, -0.05) is 18.2 Å². The smallest absolute Gasteiger partial charge is 0.306 e. The van der Waals surface area contributed by atoms with Crippen LogP contribution in [0.3, 0.4) is 0 Å². The molecule has 0 amide bonds. The van der Waals surface area contributed by atoms with E-state index in [0.717, 1.165) is 0 Å². The molecule has 1 unspecified atom stereocenters. The maximum atomic E-state index is 13.5. The first-order valence-electron chi connectivity index (χ1n) is 4.97. The molecule has 17 heavy (non-hydrogen) atoms. The lowest BCUT2D eigenvalue weighted by atomic mass is 9.95. The minimum absolute atomic E-state index is 0.162. The molecule has 0 bridgehead atoms. The number of benzene rings is 1. The van der Waals surface area contributed by atoms with Crippen LogP contribution in [0.5, 0.6) is 0 Å². The second kappa shape index (κ2) is 5.93. The summed E-state index contributed by atoms with van der Waals surface area (Å²) in [5.41, 5.74) is 0.162. The number of methoxy groups -OCH3 is 1. The highest BCUT2D eigenvalue weighted by atomic mass is 19.1. The van der Waals surface area contributed by atoms with Crippen LogP contribution in [0.25, 0.3) is 0 Å². The predicted molar refractivity (Wildman–Crippen MR) is 57.6 cm³/mol. The first-order valence-corrected chi connectivity index (χ1v) is 4.97. The molecule has 0 aromatic heterocycles. The van der Waals surface area contributed by atoms with Crippen molar-refractivity contribution < 1.29 is 18.8 Å². The number of hydrogen-bond acceptors (Lipinski definition) is 4. The van der Waals surface area contributed by atoms with E-state index in [2.05, 4.69) is 4.74 Å². The van der Waals surface area contributed by atoms with Crippen molar-refractivity contribution in [1.29, 1.82) is 0 Å². The van der Waals surface area contributed by atoms with Gasteiger partial charge in [-0.25, -0.2) is 4.39 Å². The monoisotopic (exact) mass is 241 g/mol. The highest BCUT2D eigenvalue weighted by Crippen LogP contribution is 2.23. The van der Waals surface area contributed by atoms with Gasteiger partial charge in [-0.15, -0.1) is 0 Å². The molecule has 1 aromatic carbocycles.